The number of allylic oxidation sites excluding steroid dienone is 3. The van der Waals surface area contributed by atoms with Crippen molar-refractivity contribution in [3.8, 4) is 0 Å². The van der Waals surface area contributed by atoms with Crippen molar-refractivity contribution in [3.05, 3.63) is 24.8 Å². The maximum absolute atomic E-state index is 12.6. The molecule has 0 aliphatic carbocycles. The molecule has 0 rings (SSSR count). The SMILES string of the molecule is C=CCC(CC=CCC)(C(N)=O)C(=O)N(CC)CC. The number of carbonyl (C=O) groups excluding carboxylic acids is 2. The summed E-state index contributed by atoms with van der Waals surface area (Å²) in [6.45, 7) is 10.6. The van der Waals surface area contributed by atoms with Crippen LogP contribution in [0.25, 0.3) is 0 Å². The molecular formula is C15H26N2O2. The van der Waals surface area contributed by atoms with Gasteiger partial charge in [-0.3, -0.25) is 9.59 Å². The molecule has 108 valence electrons. The Bertz CT molecular complexity index is 346. The number of nitrogens with two attached hydrogens (primary N) is 1. The maximum Gasteiger partial charge on any atom is 0.238 e. The van der Waals surface area contributed by atoms with Gasteiger partial charge in [0.25, 0.3) is 0 Å². The van der Waals surface area contributed by atoms with Crippen LogP contribution < -0.4 is 5.73 Å². The van der Waals surface area contributed by atoms with E-state index in [1.807, 2.05) is 32.9 Å². The molecule has 0 radical (unpaired) electrons. The molecule has 2 amide bonds. The zero-order chi connectivity index (χ0) is 14.9. The van der Waals surface area contributed by atoms with Crippen LogP contribution in [-0.4, -0.2) is 29.8 Å². The van der Waals surface area contributed by atoms with Gasteiger partial charge >= 0.3 is 0 Å². The predicted molar refractivity (Wildman–Crippen MR) is 78.4 cm³/mol. The van der Waals surface area contributed by atoms with Crippen LogP contribution in [-0.2, 0) is 9.59 Å². The lowest BCUT2D eigenvalue weighted by Crippen LogP contribution is -2.51. The van der Waals surface area contributed by atoms with Crippen LogP contribution in [0.2, 0.25) is 0 Å². The Morgan fingerprint density at radius 1 is 1.16 bits per heavy atom. The van der Waals surface area contributed by atoms with Crippen molar-refractivity contribution in [2.24, 2.45) is 11.1 Å². The Morgan fingerprint density at radius 3 is 2.11 bits per heavy atom. The van der Waals surface area contributed by atoms with E-state index in [0.29, 0.717) is 19.5 Å². The van der Waals surface area contributed by atoms with E-state index in [1.54, 1.807) is 11.0 Å². The van der Waals surface area contributed by atoms with Gasteiger partial charge in [0.2, 0.25) is 11.8 Å². The van der Waals surface area contributed by atoms with Gasteiger partial charge < -0.3 is 10.6 Å². The molecule has 0 saturated carbocycles. The molecule has 0 aromatic rings. The van der Waals surface area contributed by atoms with Gasteiger partial charge in [-0.05, 0) is 33.1 Å². The first-order valence-corrected chi connectivity index (χ1v) is 6.85. The van der Waals surface area contributed by atoms with Crippen LogP contribution >= 0.6 is 0 Å². The summed E-state index contributed by atoms with van der Waals surface area (Å²) < 4.78 is 0. The first-order chi connectivity index (χ1) is 8.99. The molecule has 4 heteroatoms. The van der Waals surface area contributed by atoms with Crippen molar-refractivity contribution < 1.29 is 9.59 Å². The minimum Gasteiger partial charge on any atom is -0.369 e. The van der Waals surface area contributed by atoms with Crippen LogP contribution in [0.3, 0.4) is 0 Å². The van der Waals surface area contributed by atoms with Crippen LogP contribution in [0.1, 0.15) is 40.0 Å². The summed E-state index contributed by atoms with van der Waals surface area (Å²) in [5, 5.41) is 0. The van der Waals surface area contributed by atoms with Crippen molar-refractivity contribution in [3.63, 3.8) is 0 Å². The molecule has 0 aliphatic heterocycles. The number of hydrogen-bond donors (Lipinski definition) is 1. The highest BCUT2D eigenvalue weighted by Crippen LogP contribution is 2.30. The number of amides is 2. The average Bonchev–Trinajstić information content (AvgIpc) is 2.38. The van der Waals surface area contributed by atoms with Gasteiger partial charge in [0.05, 0.1) is 0 Å². The van der Waals surface area contributed by atoms with E-state index < -0.39 is 11.3 Å². The van der Waals surface area contributed by atoms with E-state index in [1.165, 1.54) is 0 Å². The molecule has 2 N–H and O–H groups in total. The number of nitrogens with zero attached hydrogens (tertiary/aromatic N) is 1. The van der Waals surface area contributed by atoms with Gasteiger partial charge in [-0.25, -0.2) is 0 Å². The Morgan fingerprint density at radius 2 is 1.74 bits per heavy atom. The Hall–Kier alpha value is -1.58. The van der Waals surface area contributed by atoms with E-state index in [2.05, 4.69) is 6.58 Å². The maximum atomic E-state index is 12.6. The molecular weight excluding hydrogens is 240 g/mol. The molecule has 0 spiro atoms. The number of hydrogen-bond acceptors (Lipinski definition) is 2. The fraction of sp³-hybridized carbons (Fsp3) is 0.600. The largest absolute Gasteiger partial charge is 0.369 e. The summed E-state index contributed by atoms with van der Waals surface area (Å²) in [6.07, 6.45) is 6.85. The topological polar surface area (TPSA) is 63.4 Å². The molecule has 0 aliphatic rings. The highest BCUT2D eigenvalue weighted by molar-refractivity contribution is 6.04. The van der Waals surface area contributed by atoms with Crippen molar-refractivity contribution in [2.75, 3.05) is 13.1 Å². The van der Waals surface area contributed by atoms with E-state index >= 15 is 0 Å². The number of carbonyl (C=O) groups is 2. The fourth-order valence-electron chi connectivity index (χ4n) is 2.08. The van der Waals surface area contributed by atoms with E-state index in [4.69, 9.17) is 5.73 Å². The molecule has 4 nitrogen and oxygen atoms in total. The summed E-state index contributed by atoms with van der Waals surface area (Å²) in [5.41, 5.74) is 4.33. The van der Waals surface area contributed by atoms with Crippen molar-refractivity contribution in [2.45, 2.75) is 40.0 Å². The first-order valence-electron chi connectivity index (χ1n) is 6.85. The minimum absolute atomic E-state index is 0.203. The zero-order valence-corrected chi connectivity index (χ0v) is 12.3. The second-order valence-electron chi connectivity index (χ2n) is 4.50. The number of rotatable bonds is 9. The monoisotopic (exact) mass is 266 g/mol. The van der Waals surface area contributed by atoms with Crippen molar-refractivity contribution >= 4 is 11.8 Å². The summed E-state index contributed by atoms with van der Waals surface area (Å²) in [4.78, 5) is 26.1. The first kappa shape index (κ1) is 17.4. The van der Waals surface area contributed by atoms with Crippen LogP contribution in [0, 0.1) is 5.41 Å². The van der Waals surface area contributed by atoms with Crippen LogP contribution in [0.5, 0.6) is 0 Å². The standard InChI is InChI=1S/C15H26N2O2/c1-5-9-10-12-15(11-6-2,13(16)18)14(19)17(7-3)8-4/h6,9-10H,2,5,7-8,11-12H2,1,3-4H3,(H2,16,18). The molecule has 0 heterocycles. The summed E-state index contributed by atoms with van der Waals surface area (Å²) >= 11 is 0. The molecule has 1 atom stereocenters. The van der Waals surface area contributed by atoms with Gasteiger partial charge in [0, 0.05) is 13.1 Å². The van der Waals surface area contributed by atoms with Crippen LogP contribution in [0.15, 0.2) is 24.8 Å². The van der Waals surface area contributed by atoms with Gasteiger partial charge in [0.15, 0.2) is 0 Å². The van der Waals surface area contributed by atoms with Gasteiger partial charge in [-0.1, -0.05) is 25.2 Å². The third-order valence-corrected chi connectivity index (χ3v) is 3.29. The zero-order valence-electron chi connectivity index (χ0n) is 12.3. The molecule has 0 fully saturated rings. The normalized spacial score (nSPS) is 14.1. The second-order valence-corrected chi connectivity index (χ2v) is 4.50. The third kappa shape index (κ3) is 4.23. The summed E-state index contributed by atoms with van der Waals surface area (Å²) in [7, 11) is 0. The number of primary amides is 1. The van der Waals surface area contributed by atoms with Gasteiger partial charge in [-0.2, -0.15) is 0 Å². The highest BCUT2D eigenvalue weighted by Gasteiger charge is 2.44. The lowest BCUT2D eigenvalue weighted by molar-refractivity contribution is -0.148. The molecule has 1 unspecified atom stereocenters. The Labute approximate surface area is 116 Å². The Balaban J connectivity index is 5.43. The summed E-state index contributed by atoms with van der Waals surface area (Å²) in [5.74, 6) is -0.782. The molecule has 0 saturated heterocycles. The van der Waals surface area contributed by atoms with Crippen molar-refractivity contribution in [1.82, 2.24) is 4.90 Å². The third-order valence-electron chi connectivity index (χ3n) is 3.29. The Kier molecular flexibility index (Phi) is 7.80. The second kappa shape index (κ2) is 8.51. The van der Waals surface area contributed by atoms with Gasteiger partial charge in [-0.15, -0.1) is 6.58 Å². The minimum atomic E-state index is -1.19. The summed E-state index contributed by atoms with van der Waals surface area (Å²) in [6, 6.07) is 0. The average molecular weight is 266 g/mol. The molecule has 0 aromatic heterocycles. The smallest absolute Gasteiger partial charge is 0.238 e. The fourth-order valence-corrected chi connectivity index (χ4v) is 2.08. The molecule has 0 aromatic carbocycles. The van der Waals surface area contributed by atoms with Crippen molar-refractivity contribution in [1.29, 1.82) is 0 Å². The van der Waals surface area contributed by atoms with E-state index in [0.717, 1.165) is 6.42 Å². The highest BCUT2D eigenvalue weighted by atomic mass is 16.2. The van der Waals surface area contributed by atoms with E-state index in [-0.39, 0.29) is 12.3 Å². The van der Waals surface area contributed by atoms with Gasteiger partial charge in [0.1, 0.15) is 5.41 Å². The molecule has 0 bridgehead atoms. The predicted octanol–water partition coefficient (Wildman–Crippen LogP) is 2.26. The van der Waals surface area contributed by atoms with E-state index in [9.17, 15) is 9.59 Å². The van der Waals surface area contributed by atoms with Crippen LogP contribution in [0.4, 0.5) is 0 Å². The quantitative estimate of drug-likeness (QED) is 0.514. The lowest BCUT2D eigenvalue weighted by Gasteiger charge is -2.32. The molecule has 19 heavy (non-hydrogen) atoms. The lowest BCUT2D eigenvalue weighted by atomic mass is 9.78.